The van der Waals surface area contributed by atoms with Gasteiger partial charge in [0.15, 0.2) is 0 Å². The van der Waals surface area contributed by atoms with E-state index in [9.17, 15) is 4.79 Å². The Bertz CT molecular complexity index is 1280. The van der Waals surface area contributed by atoms with E-state index in [0.717, 1.165) is 37.3 Å². The minimum Gasteiger partial charge on any atom is -0.497 e. The highest BCUT2D eigenvalue weighted by molar-refractivity contribution is 7.30. The number of azo groups is 2. The van der Waals surface area contributed by atoms with Gasteiger partial charge in [0, 0.05) is 19.7 Å². The summed E-state index contributed by atoms with van der Waals surface area (Å²) in [6.45, 7) is 2.36. The molecule has 0 aliphatic heterocycles. The highest BCUT2D eigenvalue weighted by Gasteiger charge is 2.08. The largest absolute Gasteiger partial charge is 0.497 e. The summed E-state index contributed by atoms with van der Waals surface area (Å²) < 4.78 is 11.1. The van der Waals surface area contributed by atoms with Crippen LogP contribution in [0, 0.1) is 0 Å². The number of hydrogen-bond acceptors (Lipinski definition) is 11. The molecule has 0 unspecified atom stereocenters. The van der Waals surface area contributed by atoms with Crippen molar-refractivity contribution in [1.82, 2.24) is 4.98 Å². The van der Waals surface area contributed by atoms with Crippen molar-refractivity contribution in [2.75, 3.05) is 32.2 Å². The second-order valence-electron chi connectivity index (χ2n) is 7.13. The summed E-state index contributed by atoms with van der Waals surface area (Å²) in [4.78, 5) is 18.3. The lowest BCUT2D eigenvalue weighted by Gasteiger charge is -2.18. The quantitative estimate of drug-likeness (QED) is 0.181. The number of carbonyl (C=O) groups excluding carboxylic acids is 1. The van der Waals surface area contributed by atoms with E-state index in [1.807, 2.05) is 66.5 Å². The number of rotatable bonds is 9. The minimum atomic E-state index is -0.277. The number of benzene rings is 2. The predicted molar refractivity (Wildman–Crippen MR) is 135 cm³/mol. The maximum absolute atomic E-state index is 10.9. The Hall–Kier alpha value is -3.70. The average Bonchev–Trinajstić information content (AvgIpc) is 3.40. The lowest BCUT2D eigenvalue weighted by atomic mass is 10.2. The SMILES string of the molecule is COc1ccc(N=Nc2cc3sc(N=Nc4ccc(N(C)CCOC(C)=O)cc4)nc3s2)cc1. The number of methoxy groups -OCH3 is 1. The Morgan fingerprint density at radius 3 is 2.29 bits per heavy atom. The molecule has 0 radical (unpaired) electrons. The number of fused-ring (bicyclic) bond motifs is 1. The molecule has 11 heteroatoms. The van der Waals surface area contributed by atoms with Crippen molar-refractivity contribution >= 4 is 65.4 Å². The number of aromatic nitrogens is 1. The molecule has 2 aromatic carbocycles. The van der Waals surface area contributed by atoms with Gasteiger partial charge in [-0.05, 0) is 54.6 Å². The van der Waals surface area contributed by atoms with Gasteiger partial charge in [-0.1, -0.05) is 22.7 Å². The van der Waals surface area contributed by atoms with Gasteiger partial charge >= 0.3 is 5.97 Å². The molecule has 9 nitrogen and oxygen atoms in total. The molecule has 0 bridgehead atoms. The zero-order valence-corrected chi connectivity index (χ0v) is 20.5. The summed E-state index contributed by atoms with van der Waals surface area (Å²) in [7, 11) is 3.56. The molecule has 4 rings (SSSR count). The van der Waals surface area contributed by atoms with Gasteiger partial charge in [0.25, 0.3) is 0 Å². The number of hydrogen-bond donors (Lipinski definition) is 0. The van der Waals surface area contributed by atoms with Crippen LogP contribution in [0.2, 0.25) is 0 Å². The van der Waals surface area contributed by atoms with Crippen LogP contribution in [0.5, 0.6) is 5.75 Å². The van der Waals surface area contributed by atoms with Crippen molar-refractivity contribution < 1.29 is 14.3 Å². The molecule has 0 aliphatic rings. The van der Waals surface area contributed by atoms with Gasteiger partial charge in [0.1, 0.15) is 22.2 Å². The fourth-order valence-corrected chi connectivity index (χ4v) is 4.74. The second kappa shape index (κ2) is 10.9. The van der Waals surface area contributed by atoms with Crippen LogP contribution in [-0.4, -0.2) is 38.3 Å². The Labute approximate surface area is 204 Å². The molecule has 0 saturated carbocycles. The number of thiophene rings is 1. The molecule has 2 heterocycles. The highest BCUT2D eigenvalue weighted by atomic mass is 32.1. The molecule has 2 aromatic heterocycles. The molecule has 174 valence electrons. The third kappa shape index (κ3) is 6.21. The van der Waals surface area contributed by atoms with Crippen molar-refractivity contribution in [2.24, 2.45) is 20.5 Å². The molecule has 4 aromatic rings. The zero-order chi connectivity index (χ0) is 23.9. The van der Waals surface area contributed by atoms with Crippen LogP contribution >= 0.6 is 22.7 Å². The maximum atomic E-state index is 10.9. The van der Waals surface area contributed by atoms with Crippen LogP contribution in [-0.2, 0) is 9.53 Å². The first-order chi connectivity index (χ1) is 16.5. The number of nitrogens with zero attached hydrogens (tertiary/aromatic N) is 6. The smallest absolute Gasteiger partial charge is 0.302 e. The van der Waals surface area contributed by atoms with Crippen LogP contribution < -0.4 is 9.64 Å². The molecular formula is C23H22N6O3S2. The third-order valence-corrected chi connectivity index (χ3v) is 6.60. The standard InChI is InChI=1S/C23H22N6O3S2/c1-15(30)32-13-12-29(2)18-8-4-16(5-9-18)26-28-23-24-22-20(33-23)14-21(34-22)27-25-17-6-10-19(31-3)11-7-17/h4-11,14H,12-13H2,1-3H3. The molecule has 0 aliphatic carbocycles. The van der Waals surface area contributed by atoms with Gasteiger partial charge in [0.2, 0.25) is 5.13 Å². The monoisotopic (exact) mass is 494 g/mol. The first kappa shape index (κ1) is 23.5. The van der Waals surface area contributed by atoms with Gasteiger partial charge in [0.05, 0.1) is 29.7 Å². The fraction of sp³-hybridized carbons (Fsp3) is 0.217. The Morgan fingerprint density at radius 2 is 1.65 bits per heavy atom. The second-order valence-corrected chi connectivity index (χ2v) is 9.14. The summed E-state index contributed by atoms with van der Waals surface area (Å²) in [5, 5.41) is 18.5. The lowest BCUT2D eigenvalue weighted by Crippen LogP contribution is -2.23. The lowest BCUT2D eigenvalue weighted by molar-refractivity contribution is -0.140. The van der Waals surface area contributed by atoms with E-state index in [-0.39, 0.29) is 5.97 Å². The number of likely N-dealkylation sites (N-methyl/N-ethyl adjacent to an activating group) is 1. The molecule has 0 saturated heterocycles. The van der Waals surface area contributed by atoms with Crippen LogP contribution in [0.1, 0.15) is 6.92 Å². The minimum absolute atomic E-state index is 0.277. The van der Waals surface area contributed by atoms with Gasteiger partial charge in [-0.15, -0.1) is 20.5 Å². The van der Waals surface area contributed by atoms with Crippen LogP contribution in [0.3, 0.4) is 0 Å². The normalized spacial score (nSPS) is 11.5. The number of carbonyl (C=O) groups is 1. The number of esters is 1. The van der Waals surface area contributed by atoms with Crippen molar-refractivity contribution in [3.05, 3.63) is 54.6 Å². The van der Waals surface area contributed by atoms with Crippen molar-refractivity contribution in [3.8, 4) is 5.75 Å². The Balaban J connectivity index is 1.36. The van der Waals surface area contributed by atoms with Crippen LogP contribution in [0.15, 0.2) is 75.1 Å². The summed E-state index contributed by atoms with van der Waals surface area (Å²) >= 11 is 2.91. The Kier molecular flexibility index (Phi) is 7.55. The highest BCUT2D eigenvalue weighted by Crippen LogP contribution is 2.39. The molecular weight excluding hydrogens is 472 g/mol. The first-order valence-electron chi connectivity index (χ1n) is 10.3. The van der Waals surface area contributed by atoms with E-state index in [1.54, 1.807) is 7.11 Å². The number of anilines is 1. The molecule has 0 amide bonds. The number of ether oxygens (including phenoxy) is 2. The van der Waals surface area contributed by atoms with E-state index < -0.39 is 0 Å². The maximum Gasteiger partial charge on any atom is 0.302 e. The van der Waals surface area contributed by atoms with E-state index >= 15 is 0 Å². The fourth-order valence-electron chi connectivity index (χ4n) is 2.89. The summed E-state index contributed by atoms with van der Waals surface area (Å²) in [5.74, 6) is 0.501. The molecule has 0 fully saturated rings. The van der Waals surface area contributed by atoms with Crippen molar-refractivity contribution in [1.29, 1.82) is 0 Å². The van der Waals surface area contributed by atoms with Gasteiger partial charge in [-0.25, -0.2) is 4.98 Å². The van der Waals surface area contributed by atoms with E-state index in [0.29, 0.717) is 18.3 Å². The van der Waals surface area contributed by atoms with E-state index in [2.05, 4.69) is 25.4 Å². The summed E-state index contributed by atoms with van der Waals surface area (Å²) in [6.07, 6.45) is 0. The molecule has 0 N–H and O–H groups in total. The molecule has 34 heavy (non-hydrogen) atoms. The zero-order valence-electron chi connectivity index (χ0n) is 18.8. The summed E-state index contributed by atoms with van der Waals surface area (Å²) in [5.41, 5.74) is 2.48. The van der Waals surface area contributed by atoms with Crippen molar-refractivity contribution in [2.45, 2.75) is 6.92 Å². The third-order valence-electron chi connectivity index (χ3n) is 4.68. The molecule has 0 atom stereocenters. The van der Waals surface area contributed by atoms with E-state index in [4.69, 9.17) is 9.47 Å². The van der Waals surface area contributed by atoms with Gasteiger partial charge in [-0.2, -0.15) is 0 Å². The van der Waals surface area contributed by atoms with Crippen LogP contribution in [0.4, 0.5) is 27.2 Å². The Morgan fingerprint density at radius 1 is 0.971 bits per heavy atom. The van der Waals surface area contributed by atoms with Crippen molar-refractivity contribution in [3.63, 3.8) is 0 Å². The van der Waals surface area contributed by atoms with E-state index in [1.165, 1.54) is 29.6 Å². The van der Waals surface area contributed by atoms with Crippen LogP contribution in [0.25, 0.3) is 9.53 Å². The topological polar surface area (TPSA) is 101 Å². The molecule has 0 spiro atoms. The number of thiazole rings is 1. The first-order valence-corrected chi connectivity index (χ1v) is 12.0. The summed E-state index contributed by atoms with van der Waals surface area (Å²) in [6, 6.07) is 17.0. The predicted octanol–water partition coefficient (Wildman–Crippen LogP) is 7.20. The average molecular weight is 495 g/mol. The van der Waals surface area contributed by atoms with Gasteiger partial charge in [-0.3, -0.25) is 4.79 Å². The van der Waals surface area contributed by atoms with Gasteiger partial charge < -0.3 is 14.4 Å².